The van der Waals surface area contributed by atoms with E-state index in [1.165, 1.54) is 5.56 Å². The van der Waals surface area contributed by atoms with E-state index in [9.17, 15) is 0 Å². The molecule has 0 fully saturated rings. The van der Waals surface area contributed by atoms with E-state index in [4.69, 9.17) is 4.74 Å². The molecule has 1 atom stereocenters. The first kappa shape index (κ1) is 17.0. The molecule has 0 aromatic heterocycles. The van der Waals surface area contributed by atoms with E-state index in [2.05, 4.69) is 63.2 Å². The van der Waals surface area contributed by atoms with Crippen LogP contribution in [-0.4, -0.2) is 37.7 Å². The van der Waals surface area contributed by atoms with Crippen LogP contribution in [-0.2, 0) is 6.54 Å². The summed E-state index contributed by atoms with van der Waals surface area (Å²) in [5, 5.41) is 3.55. The van der Waals surface area contributed by atoms with Crippen molar-refractivity contribution < 1.29 is 4.74 Å². The maximum atomic E-state index is 5.29. The van der Waals surface area contributed by atoms with Crippen LogP contribution in [0.1, 0.15) is 33.3 Å². The van der Waals surface area contributed by atoms with Gasteiger partial charge in [-0.2, -0.15) is 0 Å². The molecule has 0 radical (unpaired) electrons. The van der Waals surface area contributed by atoms with Crippen LogP contribution in [0.15, 0.2) is 24.3 Å². The summed E-state index contributed by atoms with van der Waals surface area (Å²) in [4.78, 5) is 2.43. The molecule has 0 bridgehead atoms. The van der Waals surface area contributed by atoms with Gasteiger partial charge < -0.3 is 10.1 Å². The van der Waals surface area contributed by atoms with Crippen molar-refractivity contribution in [2.45, 2.75) is 46.3 Å². The standard InChI is InChI=1S/C17H30N2O/c1-13(2)17(11-18-14(3)4)19(5)12-15-8-7-9-16(10-15)20-6/h7-10,13-14,17-18H,11-12H2,1-6H3. The van der Waals surface area contributed by atoms with Gasteiger partial charge in [-0.3, -0.25) is 4.90 Å². The quantitative estimate of drug-likeness (QED) is 0.790. The lowest BCUT2D eigenvalue weighted by atomic mass is 10.0. The summed E-state index contributed by atoms with van der Waals surface area (Å²) in [5.41, 5.74) is 1.29. The van der Waals surface area contributed by atoms with E-state index in [0.29, 0.717) is 18.0 Å². The van der Waals surface area contributed by atoms with Crippen molar-refractivity contribution in [3.63, 3.8) is 0 Å². The average Bonchev–Trinajstić information content (AvgIpc) is 2.38. The fraction of sp³-hybridized carbons (Fsp3) is 0.647. The van der Waals surface area contributed by atoms with Crippen molar-refractivity contribution in [1.82, 2.24) is 10.2 Å². The molecule has 0 aliphatic carbocycles. The summed E-state index contributed by atoms with van der Waals surface area (Å²) < 4.78 is 5.29. The summed E-state index contributed by atoms with van der Waals surface area (Å²) >= 11 is 0. The van der Waals surface area contributed by atoms with E-state index >= 15 is 0 Å². The average molecular weight is 278 g/mol. The molecule has 0 spiro atoms. The lowest BCUT2D eigenvalue weighted by Gasteiger charge is -2.32. The van der Waals surface area contributed by atoms with Crippen molar-refractivity contribution in [3.05, 3.63) is 29.8 Å². The molecule has 0 aliphatic rings. The summed E-state index contributed by atoms with van der Waals surface area (Å²) in [6.45, 7) is 10.9. The van der Waals surface area contributed by atoms with Crippen LogP contribution in [0.5, 0.6) is 5.75 Å². The van der Waals surface area contributed by atoms with Crippen LogP contribution in [0.3, 0.4) is 0 Å². The number of nitrogens with one attached hydrogen (secondary N) is 1. The van der Waals surface area contributed by atoms with E-state index in [-0.39, 0.29) is 0 Å². The van der Waals surface area contributed by atoms with Crippen LogP contribution in [0.25, 0.3) is 0 Å². The zero-order valence-corrected chi connectivity index (χ0v) is 13.8. The van der Waals surface area contributed by atoms with Gasteiger partial charge in [-0.1, -0.05) is 39.8 Å². The molecule has 1 aromatic carbocycles. The van der Waals surface area contributed by atoms with Gasteiger partial charge in [0, 0.05) is 25.2 Å². The maximum Gasteiger partial charge on any atom is 0.119 e. The Kier molecular flexibility index (Phi) is 7.03. The Labute approximate surface area is 124 Å². The minimum atomic E-state index is 0.529. The third kappa shape index (κ3) is 5.51. The summed E-state index contributed by atoms with van der Waals surface area (Å²) in [5.74, 6) is 1.55. The van der Waals surface area contributed by atoms with Gasteiger partial charge in [-0.05, 0) is 30.7 Å². The minimum Gasteiger partial charge on any atom is -0.497 e. The van der Waals surface area contributed by atoms with Gasteiger partial charge in [-0.25, -0.2) is 0 Å². The molecular formula is C17H30N2O. The predicted molar refractivity (Wildman–Crippen MR) is 86.2 cm³/mol. The van der Waals surface area contributed by atoms with E-state index < -0.39 is 0 Å². The van der Waals surface area contributed by atoms with Crippen LogP contribution in [0.2, 0.25) is 0 Å². The molecule has 1 unspecified atom stereocenters. The first-order chi connectivity index (χ1) is 9.43. The summed E-state index contributed by atoms with van der Waals surface area (Å²) in [7, 11) is 3.92. The first-order valence-electron chi connectivity index (χ1n) is 7.50. The van der Waals surface area contributed by atoms with Gasteiger partial charge in [0.2, 0.25) is 0 Å². The molecular weight excluding hydrogens is 248 g/mol. The Hall–Kier alpha value is -1.06. The largest absolute Gasteiger partial charge is 0.497 e. The lowest BCUT2D eigenvalue weighted by Crippen LogP contribution is -2.44. The molecule has 0 amide bonds. The van der Waals surface area contributed by atoms with Gasteiger partial charge in [0.05, 0.1) is 7.11 Å². The summed E-state index contributed by atoms with van der Waals surface area (Å²) in [6.07, 6.45) is 0. The topological polar surface area (TPSA) is 24.5 Å². The number of rotatable bonds is 8. The molecule has 0 heterocycles. The molecule has 1 aromatic rings. The maximum absolute atomic E-state index is 5.29. The van der Waals surface area contributed by atoms with Gasteiger partial charge in [-0.15, -0.1) is 0 Å². The van der Waals surface area contributed by atoms with Gasteiger partial charge in [0.15, 0.2) is 0 Å². The van der Waals surface area contributed by atoms with Crippen molar-refractivity contribution in [2.24, 2.45) is 5.92 Å². The van der Waals surface area contributed by atoms with Gasteiger partial charge >= 0.3 is 0 Å². The Bertz CT molecular complexity index is 390. The van der Waals surface area contributed by atoms with E-state index in [1.807, 2.05) is 6.07 Å². The number of nitrogens with zero attached hydrogens (tertiary/aromatic N) is 1. The highest BCUT2D eigenvalue weighted by atomic mass is 16.5. The number of benzene rings is 1. The van der Waals surface area contributed by atoms with E-state index in [0.717, 1.165) is 18.8 Å². The number of hydrogen-bond acceptors (Lipinski definition) is 3. The SMILES string of the molecule is COc1cccc(CN(C)C(CNC(C)C)C(C)C)c1. The van der Waals surface area contributed by atoms with Gasteiger partial charge in [0.25, 0.3) is 0 Å². The van der Waals surface area contributed by atoms with Gasteiger partial charge in [0.1, 0.15) is 5.75 Å². The minimum absolute atomic E-state index is 0.529. The van der Waals surface area contributed by atoms with Crippen LogP contribution in [0.4, 0.5) is 0 Å². The van der Waals surface area contributed by atoms with Crippen LogP contribution < -0.4 is 10.1 Å². The Morgan fingerprint density at radius 3 is 2.45 bits per heavy atom. The smallest absolute Gasteiger partial charge is 0.119 e. The molecule has 3 heteroatoms. The third-order valence-corrected chi connectivity index (χ3v) is 3.64. The molecule has 20 heavy (non-hydrogen) atoms. The normalized spacial score (nSPS) is 13.2. The molecule has 1 N–H and O–H groups in total. The monoisotopic (exact) mass is 278 g/mol. The Morgan fingerprint density at radius 2 is 1.90 bits per heavy atom. The molecule has 0 saturated heterocycles. The highest BCUT2D eigenvalue weighted by molar-refractivity contribution is 5.28. The molecule has 0 saturated carbocycles. The Balaban J connectivity index is 2.66. The number of ether oxygens (including phenoxy) is 1. The zero-order valence-electron chi connectivity index (χ0n) is 13.8. The van der Waals surface area contributed by atoms with Crippen LogP contribution >= 0.6 is 0 Å². The second-order valence-corrected chi connectivity index (χ2v) is 6.14. The predicted octanol–water partition coefficient (Wildman–Crippen LogP) is 3.15. The number of methoxy groups -OCH3 is 1. The number of hydrogen-bond donors (Lipinski definition) is 1. The molecule has 0 aliphatic heterocycles. The van der Waals surface area contributed by atoms with Crippen molar-refractivity contribution >= 4 is 0 Å². The fourth-order valence-corrected chi connectivity index (χ4v) is 2.43. The van der Waals surface area contributed by atoms with Crippen molar-refractivity contribution in [1.29, 1.82) is 0 Å². The number of likely N-dealkylation sites (N-methyl/N-ethyl adjacent to an activating group) is 1. The zero-order chi connectivity index (χ0) is 15.1. The van der Waals surface area contributed by atoms with Crippen molar-refractivity contribution in [3.8, 4) is 5.75 Å². The van der Waals surface area contributed by atoms with Crippen LogP contribution in [0, 0.1) is 5.92 Å². The highest BCUT2D eigenvalue weighted by Crippen LogP contribution is 2.17. The Morgan fingerprint density at radius 1 is 1.20 bits per heavy atom. The second kappa shape index (κ2) is 8.28. The highest BCUT2D eigenvalue weighted by Gasteiger charge is 2.19. The lowest BCUT2D eigenvalue weighted by molar-refractivity contribution is 0.177. The molecule has 114 valence electrons. The van der Waals surface area contributed by atoms with E-state index in [1.54, 1.807) is 7.11 Å². The second-order valence-electron chi connectivity index (χ2n) is 6.14. The first-order valence-corrected chi connectivity index (χ1v) is 7.50. The third-order valence-electron chi connectivity index (χ3n) is 3.64. The van der Waals surface area contributed by atoms with Crippen molar-refractivity contribution in [2.75, 3.05) is 20.7 Å². The summed E-state index contributed by atoms with van der Waals surface area (Å²) in [6, 6.07) is 9.38. The molecule has 3 nitrogen and oxygen atoms in total. The molecule has 1 rings (SSSR count). The fourth-order valence-electron chi connectivity index (χ4n) is 2.43.